The normalized spacial score (nSPS) is 19.0. The summed E-state index contributed by atoms with van der Waals surface area (Å²) in [5.74, 6) is 1.79. The van der Waals surface area contributed by atoms with E-state index < -0.39 is 0 Å². The minimum Gasteiger partial charge on any atom is -0.355 e. The zero-order valence-electron chi connectivity index (χ0n) is 15.3. The van der Waals surface area contributed by atoms with Gasteiger partial charge in [-0.2, -0.15) is 0 Å². The van der Waals surface area contributed by atoms with Gasteiger partial charge in [-0.15, -0.1) is 24.0 Å². The molecular formula is C17H31BrIN5. The number of hydrogen-bond acceptors (Lipinski definition) is 2. The first-order valence-corrected chi connectivity index (χ1v) is 9.23. The van der Waals surface area contributed by atoms with Crippen molar-refractivity contribution >= 4 is 45.9 Å². The molecule has 0 aliphatic carbocycles. The van der Waals surface area contributed by atoms with Crippen LogP contribution in [0.4, 0.5) is 0 Å². The summed E-state index contributed by atoms with van der Waals surface area (Å²) in [4.78, 5) is 9.14. The lowest BCUT2D eigenvalue weighted by Gasteiger charge is -2.31. The lowest BCUT2D eigenvalue weighted by atomic mass is 10.0. The Hall–Kier alpha value is -0.280. The van der Waals surface area contributed by atoms with Gasteiger partial charge < -0.3 is 19.7 Å². The zero-order chi connectivity index (χ0) is 16.8. The molecule has 5 nitrogen and oxygen atoms in total. The maximum atomic E-state index is 4.41. The van der Waals surface area contributed by atoms with Crippen LogP contribution in [-0.4, -0.2) is 60.6 Å². The number of guanidine groups is 1. The predicted octanol–water partition coefficient (Wildman–Crippen LogP) is 3.14. The Morgan fingerprint density at radius 1 is 1.50 bits per heavy atom. The molecule has 0 saturated carbocycles. The second-order valence-corrected chi connectivity index (χ2v) is 7.55. The number of aliphatic imine (C=N–C) groups is 1. The van der Waals surface area contributed by atoms with Gasteiger partial charge in [0.2, 0.25) is 0 Å². The van der Waals surface area contributed by atoms with Crippen LogP contribution in [0, 0.1) is 5.92 Å². The molecule has 0 amide bonds. The fourth-order valence-electron chi connectivity index (χ4n) is 3.24. The third-order valence-corrected chi connectivity index (χ3v) is 4.93. The van der Waals surface area contributed by atoms with Gasteiger partial charge in [0.05, 0.1) is 6.54 Å². The summed E-state index contributed by atoms with van der Waals surface area (Å²) < 4.78 is 3.26. The molecule has 1 unspecified atom stereocenters. The lowest BCUT2D eigenvalue weighted by molar-refractivity contribution is 0.186. The molecule has 0 aromatic carbocycles. The topological polar surface area (TPSA) is 35.8 Å². The van der Waals surface area contributed by atoms with E-state index in [0.29, 0.717) is 0 Å². The van der Waals surface area contributed by atoms with Gasteiger partial charge in [-0.3, -0.25) is 4.99 Å². The number of hydrogen-bond donors (Lipinski definition) is 1. The van der Waals surface area contributed by atoms with Gasteiger partial charge in [0.1, 0.15) is 0 Å². The predicted molar refractivity (Wildman–Crippen MR) is 116 cm³/mol. The van der Waals surface area contributed by atoms with E-state index in [0.717, 1.165) is 36.0 Å². The van der Waals surface area contributed by atoms with E-state index in [2.05, 4.69) is 73.9 Å². The van der Waals surface area contributed by atoms with E-state index in [4.69, 9.17) is 0 Å². The molecule has 138 valence electrons. The minimum atomic E-state index is 0. The highest BCUT2D eigenvalue weighted by Gasteiger charge is 2.16. The van der Waals surface area contributed by atoms with Gasteiger partial charge in [0.25, 0.3) is 0 Å². The molecule has 1 aliphatic rings. The minimum absolute atomic E-state index is 0. The number of aromatic nitrogens is 1. The van der Waals surface area contributed by atoms with Crippen molar-refractivity contribution in [2.75, 3.05) is 40.3 Å². The second kappa shape index (κ2) is 10.7. The summed E-state index contributed by atoms with van der Waals surface area (Å²) in [5.41, 5.74) is 1.26. The molecule has 1 N–H and O–H groups in total. The number of nitrogens with one attached hydrogen (secondary N) is 1. The summed E-state index contributed by atoms with van der Waals surface area (Å²) in [5, 5.41) is 3.49. The largest absolute Gasteiger partial charge is 0.355 e. The fourth-order valence-corrected chi connectivity index (χ4v) is 3.81. The van der Waals surface area contributed by atoms with Crippen LogP contribution in [0.15, 0.2) is 21.7 Å². The van der Waals surface area contributed by atoms with E-state index in [-0.39, 0.29) is 24.0 Å². The monoisotopic (exact) mass is 511 g/mol. The van der Waals surface area contributed by atoms with Crippen LogP contribution in [0.1, 0.15) is 25.5 Å². The van der Waals surface area contributed by atoms with Gasteiger partial charge in [-0.1, -0.05) is 6.92 Å². The number of nitrogens with zero attached hydrogens (tertiary/aromatic N) is 4. The summed E-state index contributed by atoms with van der Waals surface area (Å²) in [7, 11) is 6.00. The third kappa shape index (κ3) is 6.55. The maximum Gasteiger partial charge on any atom is 0.193 e. The molecule has 1 atom stereocenters. The fraction of sp³-hybridized carbons (Fsp3) is 0.706. The Balaban J connectivity index is 0.00000288. The van der Waals surface area contributed by atoms with Crippen LogP contribution >= 0.6 is 39.9 Å². The van der Waals surface area contributed by atoms with Gasteiger partial charge in [0.15, 0.2) is 5.96 Å². The molecule has 7 heteroatoms. The van der Waals surface area contributed by atoms with Crippen LogP contribution < -0.4 is 5.32 Å². The van der Waals surface area contributed by atoms with Crippen molar-refractivity contribution in [3.05, 3.63) is 22.4 Å². The first-order valence-electron chi connectivity index (χ1n) is 8.44. The summed E-state index contributed by atoms with van der Waals surface area (Å²) in [6.45, 7) is 7.69. The SMILES string of the molecule is CN=C(NCCN1CCCC(C)C1)N(C)Cc1cc(Br)cn1C.I. The number of rotatable bonds is 5. The van der Waals surface area contributed by atoms with E-state index in [9.17, 15) is 0 Å². The van der Waals surface area contributed by atoms with Crippen molar-refractivity contribution < 1.29 is 0 Å². The summed E-state index contributed by atoms with van der Waals surface area (Å²) >= 11 is 3.53. The average Bonchev–Trinajstić information content (AvgIpc) is 2.81. The molecule has 1 aromatic rings. The number of halogens is 2. The van der Waals surface area contributed by atoms with Crippen LogP contribution in [0.25, 0.3) is 0 Å². The summed E-state index contributed by atoms with van der Waals surface area (Å²) in [6.07, 6.45) is 4.79. The van der Waals surface area contributed by atoms with E-state index in [1.807, 2.05) is 7.05 Å². The number of aryl methyl sites for hydroxylation is 1. The van der Waals surface area contributed by atoms with Crippen LogP contribution in [0.3, 0.4) is 0 Å². The first-order chi connectivity index (χ1) is 11.0. The highest BCUT2D eigenvalue weighted by Crippen LogP contribution is 2.15. The molecule has 1 fully saturated rings. The highest BCUT2D eigenvalue weighted by molar-refractivity contribution is 14.0. The van der Waals surface area contributed by atoms with Crippen molar-refractivity contribution in [1.82, 2.24) is 19.7 Å². The molecule has 1 aromatic heterocycles. The van der Waals surface area contributed by atoms with E-state index in [1.165, 1.54) is 31.6 Å². The number of piperidine rings is 1. The molecular weight excluding hydrogens is 481 g/mol. The molecule has 1 saturated heterocycles. The molecule has 2 rings (SSSR count). The lowest BCUT2D eigenvalue weighted by Crippen LogP contribution is -2.44. The molecule has 24 heavy (non-hydrogen) atoms. The molecule has 0 radical (unpaired) electrons. The van der Waals surface area contributed by atoms with Gasteiger partial charge >= 0.3 is 0 Å². The Morgan fingerprint density at radius 2 is 2.25 bits per heavy atom. The molecule has 0 spiro atoms. The van der Waals surface area contributed by atoms with Gasteiger partial charge in [-0.05, 0) is 47.3 Å². The molecule has 2 heterocycles. The van der Waals surface area contributed by atoms with E-state index >= 15 is 0 Å². The third-order valence-electron chi connectivity index (χ3n) is 4.50. The van der Waals surface area contributed by atoms with Gasteiger partial charge in [-0.25, -0.2) is 0 Å². The Labute approximate surface area is 172 Å². The first kappa shape index (κ1) is 21.8. The Morgan fingerprint density at radius 3 is 2.83 bits per heavy atom. The van der Waals surface area contributed by atoms with Crippen LogP contribution in [0.5, 0.6) is 0 Å². The van der Waals surface area contributed by atoms with Gasteiger partial charge in [0, 0.05) is 57.1 Å². The maximum absolute atomic E-state index is 4.41. The smallest absolute Gasteiger partial charge is 0.193 e. The van der Waals surface area contributed by atoms with Crippen LogP contribution in [-0.2, 0) is 13.6 Å². The average molecular weight is 512 g/mol. The number of likely N-dealkylation sites (tertiary alicyclic amines) is 1. The van der Waals surface area contributed by atoms with Crippen molar-refractivity contribution in [3.8, 4) is 0 Å². The Kier molecular flexibility index (Phi) is 9.66. The quantitative estimate of drug-likeness (QED) is 0.375. The molecule has 1 aliphatic heterocycles. The zero-order valence-corrected chi connectivity index (χ0v) is 19.2. The summed E-state index contributed by atoms with van der Waals surface area (Å²) in [6, 6.07) is 2.15. The van der Waals surface area contributed by atoms with Crippen molar-refractivity contribution in [1.29, 1.82) is 0 Å². The van der Waals surface area contributed by atoms with Crippen molar-refractivity contribution in [2.45, 2.75) is 26.3 Å². The van der Waals surface area contributed by atoms with Crippen LogP contribution in [0.2, 0.25) is 0 Å². The van der Waals surface area contributed by atoms with Crippen molar-refractivity contribution in [2.24, 2.45) is 18.0 Å². The van der Waals surface area contributed by atoms with E-state index in [1.54, 1.807) is 0 Å². The highest BCUT2D eigenvalue weighted by atomic mass is 127. The Bertz CT molecular complexity index is 531. The standard InChI is InChI=1S/C17H30BrN5.HI/c1-14-6-5-8-23(11-14)9-7-20-17(19-2)22(4)13-16-10-15(18)12-21(16)3;/h10,12,14H,5-9,11,13H2,1-4H3,(H,19,20);1H. The second-order valence-electron chi connectivity index (χ2n) is 6.64. The molecule has 0 bridgehead atoms. The van der Waals surface area contributed by atoms with Crippen molar-refractivity contribution in [3.63, 3.8) is 0 Å².